The Morgan fingerprint density at radius 2 is 2.20 bits per heavy atom. The van der Waals surface area contributed by atoms with Crippen LogP contribution in [0.2, 0.25) is 0 Å². The molecule has 2 aromatic heterocycles. The first-order valence-electron chi connectivity index (χ1n) is 8.59. The van der Waals surface area contributed by atoms with Gasteiger partial charge in [-0.1, -0.05) is 17.7 Å². The molecule has 0 fully saturated rings. The van der Waals surface area contributed by atoms with E-state index < -0.39 is 0 Å². The number of nitrogens with one attached hydrogen (secondary N) is 1. The van der Waals surface area contributed by atoms with Crippen molar-refractivity contribution >= 4 is 10.9 Å². The van der Waals surface area contributed by atoms with Crippen molar-refractivity contribution in [3.63, 3.8) is 0 Å². The molecule has 5 heteroatoms. The molecule has 0 bridgehead atoms. The van der Waals surface area contributed by atoms with Gasteiger partial charge in [-0.05, 0) is 43.5 Å². The van der Waals surface area contributed by atoms with Gasteiger partial charge in [0.05, 0.1) is 11.8 Å². The Morgan fingerprint density at radius 1 is 1.32 bits per heavy atom. The maximum Gasteiger partial charge on any atom is 0.255 e. The summed E-state index contributed by atoms with van der Waals surface area (Å²) in [6.45, 7) is 8.71. The summed E-state index contributed by atoms with van der Waals surface area (Å²) in [4.78, 5) is 16.8. The van der Waals surface area contributed by atoms with E-state index in [2.05, 4.69) is 34.4 Å². The fourth-order valence-corrected chi connectivity index (χ4v) is 3.03. The van der Waals surface area contributed by atoms with Gasteiger partial charge < -0.3 is 14.5 Å². The van der Waals surface area contributed by atoms with E-state index in [1.54, 1.807) is 16.8 Å². The van der Waals surface area contributed by atoms with E-state index in [0.29, 0.717) is 13.1 Å². The number of fused-ring (bicyclic) bond motifs is 1. The number of rotatable bonds is 8. The van der Waals surface area contributed by atoms with Gasteiger partial charge in [-0.15, -0.1) is 6.58 Å². The number of benzene rings is 1. The van der Waals surface area contributed by atoms with Crippen LogP contribution in [-0.2, 0) is 19.6 Å². The third-order valence-electron chi connectivity index (χ3n) is 4.28. The highest BCUT2D eigenvalue weighted by Gasteiger charge is 2.08. The van der Waals surface area contributed by atoms with Crippen molar-refractivity contribution < 1.29 is 0 Å². The second kappa shape index (κ2) is 7.94. The predicted molar refractivity (Wildman–Crippen MR) is 102 cm³/mol. The Morgan fingerprint density at radius 3 is 2.96 bits per heavy atom. The minimum Gasteiger partial charge on any atom is -0.337 e. The summed E-state index contributed by atoms with van der Waals surface area (Å²) in [6, 6.07) is 8.18. The van der Waals surface area contributed by atoms with Crippen LogP contribution in [-0.4, -0.2) is 20.7 Å². The number of aromatic nitrogens is 3. The molecule has 0 aliphatic heterocycles. The normalized spacial score (nSPS) is 11.1. The lowest BCUT2D eigenvalue weighted by Gasteiger charge is -2.12. The molecule has 0 amide bonds. The van der Waals surface area contributed by atoms with E-state index in [9.17, 15) is 4.79 Å². The van der Waals surface area contributed by atoms with E-state index in [-0.39, 0.29) is 5.56 Å². The third kappa shape index (κ3) is 4.06. The number of allylic oxidation sites excluding steroid dienone is 1. The van der Waals surface area contributed by atoms with Gasteiger partial charge in [0.15, 0.2) is 0 Å². The third-order valence-corrected chi connectivity index (χ3v) is 4.28. The van der Waals surface area contributed by atoms with E-state index in [0.717, 1.165) is 36.0 Å². The van der Waals surface area contributed by atoms with Crippen LogP contribution < -0.4 is 10.9 Å². The number of nitrogens with zero attached hydrogens (tertiary/aromatic N) is 3. The SMILES string of the molecule is C=CCn1c(=O)c(CNCCCn2ccnc2)cc2cc(C)ccc21. The van der Waals surface area contributed by atoms with Crippen LogP contribution >= 0.6 is 0 Å². The van der Waals surface area contributed by atoms with Gasteiger partial charge in [-0.25, -0.2) is 4.98 Å². The van der Waals surface area contributed by atoms with Crippen LogP contribution in [0.25, 0.3) is 10.9 Å². The molecule has 2 heterocycles. The highest BCUT2D eigenvalue weighted by Crippen LogP contribution is 2.16. The molecule has 3 rings (SSSR count). The van der Waals surface area contributed by atoms with Crippen LogP contribution in [0, 0.1) is 6.92 Å². The topological polar surface area (TPSA) is 51.9 Å². The summed E-state index contributed by atoms with van der Waals surface area (Å²) < 4.78 is 3.85. The molecule has 0 aliphatic rings. The van der Waals surface area contributed by atoms with Crippen molar-refractivity contribution in [3.05, 3.63) is 77.1 Å². The Kier molecular flexibility index (Phi) is 5.46. The van der Waals surface area contributed by atoms with Gasteiger partial charge in [0.2, 0.25) is 0 Å². The Hall–Kier alpha value is -2.66. The van der Waals surface area contributed by atoms with Gasteiger partial charge in [0.25, 0.3) is 5.56 Å². The van der Waals surface area contributed by atoms with Gasteiger partial charge in [0.1, 0.15) is 0 Å². The molecule has 1 aromatic carbocycles. The predicted octanol–water partition coefficient (Wildman–Crippen LogP) is 2.87. The van der Waals surface area contributed by atoms with Crippen molar-refractivity contribution in [2.45, 2.75) is 33.0 Å². The molecule has 130 valence electrons. The molecular weight excluding hydrogens is 312 g/mol. The lowest BCUT2D eigenvalue weighted by atomic mass is 10.1. The zero-order chi connectivity index (χ0) is 17.6. The molecule has 0 unspecified atom stereocenters. The van der Waals surface area contributed by atoms with Gasteiger partial charge in [-0.2, -0.15) is 0 Å². The van der Waals surface area contributed by atoms with E-state index >= 15 is 0 Å². The first-order chi connectivity index (χ1) is 12.2. The number of hydrogen-bond acceptors (Lipinski definition) is 3. The Bertz CT molecular complexity index is 909. The van der Waals surface area contributed by atoms with Crippen LogP contribution in [0.1, 0.15) is 17.5 Å². The molecule has 25 heavy (non-hydrogen) atoms. The molecule has 0 atom stereocenters. The van der Waals surface area contributed by atoms with E-state index in [4.69, 9.17) is 0 Å². The average Bonchev–Trinajstić information content (AvgIpc) is 3.11. The van der Waals surface area contributed by atoms with Crippen molar-refractivity contribution in [2.24, 2.45) is 0 Å². The highest BCUT2D eigenvalue weighted by molar-refractivity contribution is 5.80. The maximum absolute atomic E-state index is 12.8. The summed E-state index contributed by atoms with van der Waals surface area (Å²) in [6.07, 6.45) is 8.32. The van der Waals surface area contributed by atoms with Crippen LogP contribution in [0.4, 0.5) is 0 Å². The zero-order valence-electron chi connectivity index (χ0n) is 14.6. The second-order valence-corrected chi connectivity index (χ2v) is 6.27. The molecule has 1 N–H and O–H groups in total. The number of pyridine rings is 1. The fraction of sp³-hybridized carbons (Fsp3) is 0.300. The highest BCUT2D eigenvalue weighted by atomic mass is 16.1. The molecule has 0 spiro atoms. The summed E-state index contributed by atoms with van der Waals surface area (Å²) in [7, 11) is 0. The first-order valence-corrected chi connectivity index (χ1v) is 8.59. The van der Waals surface area contributed by atoms with Crippen molar-refractivity contribution in [1.29, 1.82) is 0 Å². The number of imidazole rings is 1. The van der Waals surface area contributed by atoms with Gasteiger partial charge >= 0.3 is 0 Å². The summed E-state index contributed by atoms with van der Waals surface area (Å²) in [5.41, 5.74) is 3.00. The molecule has 0 radical (unpaired) electrons. The monoisotopic (exact) mass is 336 g/mol. The minimum absolute atomic E-state index is 0.0540. The molecule has 0 aliphatic carbocycles. The van der Waals surface area contributed by atoms with Crippen molar-refractivity contribution in [3.8, 4) is 0 Å². The Balaban J connectivity index is 1.72. The molecule has 0 saturated carbocycles. The standard InChI is InChI=1S/C20H24N4O/c1-3-9-24-19-6-5-16(2)12-17(19)13-18(20(24)25)14-21-7-4-10-23-11-8-22-15-23/h3,5-6,8,11-13,15,21H,1,4,7,9-10,14H2,2H3. The second-order valence-electron chi connectivity index (χ2n) is 6.27. The lowest BCUT2D eigenvalue weighted by Crippen LogP contribution is -2.28. The first kappa shape index (κ1) is 17.2. The molecule has 5 nitrogen and oxygen atoms in total. The molecule has 3 aromatic rings. The van der Waals surface area contributed by atoms with Crippen molar-refractivity contribution in [2.75, 3.05) is 6.54 Å². The maximum atomic E-state index is 12.8. The van der Waals surface area contributed by atoms with Crippen LogP contribution in [0.5, 0.6) is 0 Å². The number of hydrogen-bond donors (Lipinski definition) is 1. The summed E-state index contributed by atoms with van der Waals surface area (Å²) in [5.74, 6) is 0. The molecular formula is C20H24N4O. The smallest absolute Gasteiger partial charge is 0.255 e. The zero-order valence-corrected chi connectivity index (χ0v) is 14.6. The number of aryl methyl sites for hydroxylation is 2. The van der Waals surface area contributed by atoms with E-state index in [1.807, 2.05) is 30.7 Å². The summed E-state index contributed by atoms with van der Waals surface area (Å²) >= 11 is 0. The van der Waals surface area contributed by atoms with Gasteiger partial charge in [0, 0.05) is 37.6 Å². The minimum atomic E-state index is 0.0540. The lowest BCUT2D eigenvalue weighted by molar-refractivity contribution is 0.578. The van der Waals surface area contributed by atoms with Crippen LogP contribution in [0.3, 0.4) is 0 Å². The van der Waals surface area contributed by atoms with Crippen LogP contribution in [0.15, 0.2) is 60.4 Å². The fourth-order valence-electron chi connectivity index (χ4n) is 3.03. The summed E-state index contributed by atoms with van der Waals surface area (Å²) in [5, 5.41) is 4.47. The Labute approximate surface area is 147 Å². The van der Waals surface area contributed by atoms with Crippen molar-refractivity contribution in [1.82, 2.24) is 19.4 Å². The molecule has 0 saturated heterocycles. The average molecular weight is 336 g/mol. The quantitative estimate of drug-likeness (QED) is 0.508. The largest absolute Gasteiger partial charge is 0.337 e. The van der Waals surface area contributed by atoms with Gasteiger partial charge in [-0.3, -0.25) is 4.79 Å². The van der Waals surface area contributed by atoms with E-state index in [1.165, 1.54) is 5.56 Å².